The lowest BCUT2D eigenvalue weighted by molar-refractivity contribution is -0.132. The van der Waals surface area contributed by atoms with Crippen LogP contribution in [-0.2, 0) is 0 Å². The topological polar surface area (TPSA) is 42.1 Å². The summed E-state index contributed by atoms with van der Waals surface area (Å²) in [5.41, 5.74) is 7.11. The quantitative estimate of drug-likeness (QED) is 0.870. The van der Waals surface area contributed by atoms with Crippen LogP contribution in [-0.4, -0.2) is 24.8 Å². The van der Waals surface area contributed by atoms with Gasteiger partial charge in [0.05, 0.1) is 6.42 Å². The van der Waals surface area contributed by atoms with Crippen molar-refractivity contribution >= 4 is 22.1 Å². The minimum Gasteiger partial charge on any atom is -0.398 e. The average Bonchev–Trinajstić information content (AvgIpc) is 2.36. The van der Waals surface area contributed by atoms with E-state index in [0.717, 1.165) is 16.5 Å². The molecule has 2 rings (SSSR count). The molecule has 0 radical (unpaired) electrons. The Labute approximate surface area is 108 Å². The van der Waals surface area contributed by atoms with Crippen LogP contribution >= 0.6 is 0 Å². The first-order valence-electron chi connectivity index (χ1n) is 5.78. The van der Waals surface area contributed by atoms with E-state index in [4.69, 9.17) is 5.73 Å². The number of hydrogen-bond donors (Lipinski definition) is 1. The van der Waals surface area contributed by atoms with Gasteiger partial charge in [0.2, 0.25) is 0 Å². The molecule has 0 unspecified atom stereocenters. The predicted molar refractivity (Wildman–Crippen MR) is 70.1 cm³/mol. The third-order valence-corrected chi connectivity index (χ3v) is 2.97. The smallest absolute Gasteiger partial charge is 0.390 e. The van der Waals surface area contributed by atoms with Gasteiger partial charge in [-0.1, -0.05) is 0 Å². The average molecular weight is 269 g/mol. The number of nitrogens with zero attached hydrogens (tertiary/aromatic N) is 2. The Balaban J connectivity index is 2.32. The van der Waals surface area contributed by atoms with Crippen LogP contribution in [0, 0.1) is 0 Å². The van der Waals surface area contributed by atoms with E-state index in [9.17, 15) is 13.2 Å². The van der Waals surface area contributed by atoms with Gasteiger partial charge in [-0.05, 0) is 18.2 Å². The van der Waals surface area contributed by atoms with Crippen molar-refractivity contribution in [1.29, 1.82) is 0 Å². The Bertz CT molecular complexity index is 581. The molecule has 2 N–H and O–H groups in total. The summed E-state index contributed by atoms with van der Waals surface area (Å²) in [6, 6.07) is 5.17. The minimum absolute atomic E-state index is 0.0924. The summed E-state index contributed by atoms with van der Waals surface area (Å²) in [5.74, 6) is 0. The molecule has 3 nitrogen and oxygen atoms in total. The van der Waals surface area contributed by atoms with Crippen LogP contribution in [0.2, 0.25) is 0 Å². The van der Waals surface area contributed by atoms with E-state index in [1.54, 1.807) is 42.5 Å². The first kappa shape index (κ1) is 13.5. The largest absolute Gasteiger partial charge is 0.398 e. The highest BCUT2D eigenvalue weighted by atomic mass is 19.4. The summed E-state index contributed by atoms with van der Waals surface area (Å²) in [5, 5.41) is 1.55. The molecule has 1 heterocycles. The molecule has 0 fully saturated rings. The fourth-order valence-electron chi connectivity index (χ4n) is 1.94. The number of fused-ring (bicyclic) bond motifs is 1. The molecular weight excluding hydrogens is 255 g/mol. The van der Waals surface area contributed by atoms with Crippen LogP contribution in [0.1, 0.15) is 6.42 Å². The molecule has 0 spiro atoms. The number of pyridine rings is 1. The van der Waals surface area contributed by atoms with Gasteiger partial charge >= 0.3 is 6.18 Å². The van der Waals surface area contributed by atoms with Gasteiger partial charge in [0.25, 0.3) is 0 Å². The molecule has 1 aromatic carbocycles. The Morgan fingerprint density at radius 3 is 2.63 bits per heavy atom. The lowest BCUT2D eigenvalue weighted by atomic mass is 10.1. The summed E-state index contributed by atoms with van der Waals surface area (Å²) < 4.78 is 36.8. The SMILES string of the molecule is CN(CCC(F)(F)F)c1ccc(N)c2cnccc12. The van der Waals surface area contributed by atoms with Crippen LogP contribution in [0.15, 0.2) is 30.6 Å². The first-order chi connectivity index (χ1) is 8.88. The van der Waals surface area contributed by atoms with Crippen molar-refractivity contribution < 1.29 is 13.2 Å². The number of alkyl halides is 3. The van der Waals surface area contributed by atoms with Crippen molar-refractivity contribution in [3.8, 4) is 0 Å². The summed E-state index contributed by atoms with van der Waals surface area (Å²) in [6.07, 6.45) is -1.78. The monoisotopic (exact) mass is 269 g/mol. The van der Waals surface area contributed by atoms with E-state index in [1.165, 1.54) is 0 Å². The van der Waals surface area contributed by atoms with Crippen molar-refractivity contribution in [2.45, 2.75) is 12.6 Å². The highest BCUT2D eigenvalue weighted by Gasteiger charge is 2.27. The molecule has 2 aromatic rings. The van der Waals surface area contributed by atoms with Gasteiger partial charge in [-0.15, -0.1) is 0 Å². The van der Waals surface area contributed by atoms with E-state index in [-0.39, 0.29) is 6.54 Å². The molecule has 0 aliphatic rings. The van der Waals surface area contributed by atoms with E-state index >= 15 is 0 Å². The van der Waals surface area contributed by atoms with Crippen LogP contribution in [0.3, 0.4) is 0 Å². The van der Waals surface area contributed by atoms with E-state index in [1.807, 2.05) is 0 Å². The highest BCUT2D eigenvalue weighted by molar-refractivity contribution is 6.00. The van der Waals surface area contributed by atoms with Crippen LogP contribution in [0.25, 0.3) is 10.8 Å². The third kappa shape index (κ3) is 3.07. The zero-order valence-electron chi connectivity index (χ0n) is 10.4. The fourth-order valence-corrected chi connectivity index (χ4v) is 1.94. The number of nitrogen functional groups attached to an aromatic ring is 1. The Morgan fingerprint density at radius 1 is 1.21 bits per heavy atom. The van der Waals surface area contributed by atoms with Gasteiger partial charge in [0.15, 0.2) is 0 Å². The molecule has 19 heavy (non-hydrogen) atoms. The van der Waals surface area contributed by atoms with Gasteiger partial charge < -0.3 is 10.6 Å². The summed E-state index contributed by atoms with van der Waals surface area (Å²) >= 11 is 0. The molecule has 0 aliphatic heterocycles. The van der Waals surface area contributed by atoms with Crippen molar-refractivity contribution in [3.63, 3.8) is 0 Å². The number of nitrogens with two attached hydrogens (primary N) is 1. The zero-order chi connectivity index (χ0) is 14.0. The molecule has 102 valence electrons. The molecule has 6 heteroatoms. The number of hydrogen-bond acceptors (Lipinski definition) is 3. The molecular formula is C13H14F3N3. The molecule has 0 saturated heterocycles. The number of anilines is 2. The maximum atomic E-state index is 12.3. The standard InChI is InChI=1S/C13H14F3N3/c1-19(7-5-13(14,15)16)12-3-2-11(17)10-8-18-6-4-9(10)12/h2-4,6,8H,5,7,17H2,1H3. The second kappa shape index (κ2) is 4.95. The Morgan fingerprint density at radius 2 is 1.95 bits per heavy atom. The lowest BCUT2D eigenvalue weighted by Gasteiger charge is -2.22. The number of rotatable bonds is 3. The van der Waals surface area contributed by atoms with Gasteiger partial charge in [-0.25, -0.2) is 0 Å². The Hall–Kier alpha value is -1.98. The number of halogens is 3. The molecule has 1 aromatic heterocycles. The van der Waals surface area contributed by atoms with Gasteiger partial charge in [0.1, 0.15) is 0 Å². The molecule has 0 amide bonds. The van der Waals surface area contributed by atoms with Crippen molar-refractivity contribution in [2.75, 3.05) is 24.2 Å². The van der Waals surface area contributed by atoms with Crippen LogP contribution in [0.5, 0.6) is 0 Å². The van der Waals surface area contributed by atoms with Crippen molar-refractivity contribution in [2.24, 2.45) is 0 Å². The first-order valence-corrected chi connectivity index (χ1v) is 5.78. The predicted octanol–water partition coefficient (Wildman–Crippen LogP) is 3.21. The fraction of sp³-hybridized carbons (Fsp3) is 0.308. The van der Waals surface area contributed by atoms with Crippen molar-refractivity contribution in [1.82, 2.24) is 4.98 Å². The summed E-state index contributed by atoms with van der Waals surface area (Å²) in [6.45, 7) is -0.0924. The summed E-state index contributed by atoms with van der Waals surface area (Å²) in [7, 11) is 1.64. The molecule has 0 saturated carbocycles. The van der Waals surface area contributed by atoms with Crippen LogP contribution < -0.4 is 10.6 Å². The molecule has 0 atom stereocenters. The molecule has 0 bridgehead atoms. The Kier molecular flexibility index (Phi) is 3.50. The number of aromatic nitrogens is 1. The van der Waals surface area contributed by atoms with Crippen molar-refractivity contribution in [3.05, 3.63) is 30.6 Å². The second-order valence-electron chi connectivity index (χ2n) is 4.38. The maximum absolute atomic E-state index is 12.3. The summed E-state index contributed by atoms with van der Waals surface area (Å²) in [4.78, 5) is 5.56. The number of benzene rings is 1. The lowest BCUT2D eigenvalue weighted by Crippen LogP contribution is -2.24. The third-order valence-electron chi connectivity index (χ3n) is 2.97. The van der Waals surface area contributed by atoms with Gasteiger partial charge in [-0.3, -0.25) is 4.98 Å². The second-order valence-corrected chi connectivity index (χ2v) is 4.38. The van der Waals surface area contributed by atoms with Gasteiger partial charge in [-0.2, -0.15) is 13.2 Å². The minimum atomic E-state index is -4.15. The van der Waals surface area contributed by atoms with E-state index < -0.39 is 12.6 Å². The molecule has 0 aliphatic carbocycles. The zero-order valence-corrected chi connectivity index (χ0v) is 10.4. The van der Waals surface area contributed by atoms with E-state index in [2.05, 4.69) is 4.98 Å². The maximum Gasteiger partial charge on any atom is 0.390 e. The normalized spacial score (nSPS) is 11.8. The van der Waals surface area contributed by atoms with E-state index in [0.29, 0.717) is 5.69 Å². The van der Waals surface area contributed by atoms with Crippen LogP contribution in [0.4, 0.5) is 24.5 Å². The van der Waals surface area contributed by atoms with Gasteiger partial charge in [0, 0.05) is 48.1 Å². The highest BCUT2D eigenvalue weighted by Crippen LogP contribution is 2.30.